The fraction of sp³-hybridized carbons (Fsp3) is 0.810. The first-order valence-corrected chi connectivity index (χ1v) is 9.79. The first kappa shape index (κ1) is 42.3. The summed E-state index contributed by atoms with van der Waals surface area (Å²) in [5, 5.41) is 31.8. The lowest BCUT2D eigenvalue weighted by Crippen LogP contribution is -2.09. The SMILES string of the molecule is C=CC.C=CC.CCOC.CCOCC.OCCO.OCCOCCOCCO. The number of methoxy groups -OCH3 is 1. The topological polar surface area (TPSA) is 118 Å². The van der Waals surface area contributed by atoms with E-state index in [0.29, 0.717) is 26.4 Å². The molecule has 0 aromatic heterocycles. The van der Waals surface area contributed by atoms with E-state index in [1.165, 1.54) is 0 Å². The van der Waals surface area contributed by atoms with Crippen LogP contribution in [0.1, 0.15) is 34.6 Å². The molecule has 0 saturated heterocycles. The van der Waals surface area contributed by atoms with Gasteiger partial charge in [0.2, 0.25) is 0 Å². The zero-order valence-electron chi connectivity index (χ0n) is 19.8. The smallest absolute Gasteiger partial charge is 0.0701 e. The average Bonchev–Trinajstić information content (AvgIpc) is 2.73. The Labute approximate surface area is 179 Å². The van der Waals surface area contributed by atoms with Crippen molar-refractivity contribution in [2.24, 2.45) is 0 Å². The maximum atomic E-state index is 8.26. The van der Waals surface area contributed by atoms with Gasteiger partial charge in [-0.05, 0) is 34.6 Å². The molecular formula is C21H50O8. The molecule has 0 bridgehead atoms. The standard InChI is InChI=1S/C6H14O4.C4H10O.C3H8O.2C3H6.C2H6O2/c7-1-3-9-5-6-10-4-2-8;1-3-5-4-2;1-3-4-2;2*1-3-2;3-1-2-4/h7-8H,1-6H2;3-4H2,1-2H3;3H2,1-2H3;2*3H,1H2,2H3;3-4H,1-2H2. The number of hydrogen-bond acceptors (Lipinski definition) is 8. The van der Waals surface area contributed by atoms with Gasteiger partial charge < -0.3 is 39.4 Å². The number of hydrogen-bond donors (Lipinski definition) is 4. The molecule has 0 fully saturated rings. The van der Waals surface area contributed by atoms with E-state index in [1.807, 2.05) is 34.6 Å². The summed E-state index contributed by atoms with van der Waals surface area (Å²) in [4.78, 5) is 0. The maximum absolute atomic E-state index is 8.26. The fourth-order valence-corrected chi connectivity index (χ4v) is 0.655. The second-order valence-corrected chi connectivity index (χ2v) is 4.29. The molecule has 0 radical (unpaired) electrons. The molecule has 0 spiro atoms. The highest BCUT2D eigenvalue weighted by molar-refractivity contribution is 4.52. The van der Waals surface area contributed by atoms with Crippen LogP contribution in [0.4, 0.5) is 0 Å². The predicted molar refractivity (Wildman–Crippen MR) is 121 cm³/mol. The summed E-state index contributed by atoms with van der Waals surface area (Å²) in [7, 11) is 1.68. The van der Waals surface area contributed by atoms with Crippen molar-refractivity contribution < 1.29 is 39.4 Å². The normalized spacial score (nSPS) is 7.93. The molecule has 0 saturated carbocycles. The van der Waals surface area contributed by atoms with Crippen LogP contribution in [0.5, 0.6) is 0 Å². The van der Waals surface area contributed by atoms with E-state index in [1.54, 1.807) is 19.3 Å². The van der Waals surface area contributed by atoms with Crippen molar-refractivity contribution in [3.8, 4) is 0 Å². The summed E-state index contributed by atoms with van der Waals surface area (Å²) >= 11 is 0. The van der Waals surface area contributed by atoms with Crippen LogP contribution >= 0.6 is 0 Å². The lowest BCUT2D eigenvalue weighted by Gasteiger charge is -2.01. The molecule has 29 heavy (non-hydrogen) atoms. The highest BCUT2D eigenvalue weighted by atomic mass is 16.5. The van der Waals surface area contributed by atoms with E-state index in [0.717, 1.165) is 19.8 Å². The number of aliphatic hydroxyl groups is 4. The molecule has 0 aromatic carbocycles. The van der Waals surface area contributed by atoms with Crippen molar-refractivity contribution in [2.75, 3.05) is 79.8 Å². The van der Waals surface area contributed by atoms with Crippen LogP contribution in [0.25, 0.3) is 0 Å². The number of aliphatic hydroxyl groups excluding tert-OH is 4. The summed E-state index contributed by atoms with van der Waals surface area (Å²) < 4.78 is 19.1. The molecule has 0 rings (SSSR count). The lowest BCUT2D eigenvalue weighted by molar-refractivity contribution is 0.0222. The highest BCUT2D eigenvalue weighted by Gasteiger charge is 1.86. The van der Waals surface area contributed by atoms with Gasteiger partial charge in [-0.15, -0.1) is 13.2 Å². The minimum Gasteiger partial charge on any atom is -0.394 e. The molecule has 8 heteroatoms. The Hall–Kier alpha value is -0.840. The summed E-state index contributed by atoms with van der Waals surface area (Å²) in [6.45, 7) is 20.4. The van der Waals surface area contributed by atoms with Gasteiger partial charge in [-0.25, -0.2) is 0 Å². The molecule has 8 nitrogen and oxygen atoms in total. The van der Waals surface area contributed by atoms with Gasteiger partial charge in [-0.2, -0.15) is 0 Å². The zero-order chi connectivity index (χ0) is 24.0. The molecule has 4 N–H and O–H groups in total. The first-order chi connectivity index (χ1) is 14.0. The molecule has 0 unspecified atom stereocenters. The van der Waals surface area contributed by atoms with E-state index in [9.17, 15) is 0 Å². The predicted octanol–water partition coefficient (Wildman–Crippen LogP) is 2.06. The Bertz CT molecular complexity index is 181. The largest absolute Gasteiger partial charge is 0.394 e. The van der Waals surface area contributed by atoms with Gasteiger partial charge in [-0.3, -0.25) is 0 Å². The highest BCUT2D eigenvalue weighted by Crippen LogP contribution is 1.76. The number of allylic oxidation sites excluding steroid dienone is 2. The van der Waals surface area contributed by atoms with Crippen molar-refractivity contribution in [1.29, 1.82) is 0 Å². The van der Waals surface area contributed by atoms with Crippen molar-refractivity contribution in [2.45, 2.75) is 34.6 Å². The third-order valence-corrected chi connectivity index (χ3v) is 1.64. The van der Waals surface area contributed by atoms with Crippen LogP contribution in [0.3, 0.4) is 0 Å². The van der Waals surface area contributed by atoms with Crippen LogP contribution in [0, 0.1) is 0 Å². The Morgan fingerprint density at radius 1 is 0.586 bits per heavy atom. The molecule has 0 aliphatic rings. The molecule has 0 aliphatic heterocycles. The number of rotatable bonds is 11. The molecule has 0 heterocycles. The maximum Gasteiger partial charge on any atom is 0.0701 e. The molecule has 0 atom stereocenters. The van der Waals surface area contributed by atoms with Crippen molar-refractivity contribution >= 4 is 0 Å². The van der Waals surface area contributed by atoms with E-state index in [-0.39, 0.29) is 26.4 Å². The Morgan fingerprint density at radius 2 is 0.862 bits per heavy atom. The minimum absolute atomic E-state index is 0.0417. The third-order valence-electron chi connectivity index (χ3n) is 1.64. The Kier molecular flexibility index (Phi) is 104. The average molecular weight is 431 g/mol. The van der Waals surface area contributed by atoms with Crippen molar-refractivity contribution in [3.63, 3.8) is 0 Å². The Balaban J connectivity index is -0.0000000595. The van der Waals surface area contributed by atoms with E-state index >= 15 is 0 Å². The minimum atomic E-state index is -0.125. The third kappa shape index (κ3) is 167. The molecule has 0 amide bonds. The van der Waals surface area contributed by atoms with Crippen LogP contribution in [-0.4, -0.2) is 100 Å². The van der Waals surface area contributed by atoms with E-state index in [2.05, 4.69) is 17.9 Å². The summed E-state index contributed by atoms with van der Waals surface area (Å²) in [5.74, 6) is 0. The van der Waals surface area contributed by atoms with Crippen molar-refractivity contribution in [3.05, 3.63) is 25.3 Å². The van der Waals surface area contributed by atoms with Crippen LogP contribution in [0.15, 0.2) is 25.3 Å². The summed E-state index contributed by atoms with van der Waals surface area (Å²) in [6, 6.07) is 0. The van der Waals surface area contributed by atoms with Gasteiger partial charge in [0.25, 0.3) is 0 Å². The van der Waals surface area contributed by atoms with Crippen molar-refractivity contribution in [1.82, 2.24) is 0 Å². The van der Waals surface area contributed by atoms with Gasteiger partial charge >= 0.3 is 0 Å². The quantitative estimate of drug-likeness (QED) is 0.291. The van der Waals surface area contributed by atoms with Gasteiger partial charge in [-0.1, -0.05) is 12.2 Å². The second kappa shape index (κ2) is 71.2. The Morgan fingerprint density at radius 3 is 0.966 bits per heavy atom. The van der Waals surface area contributed by atoms with Gasteiger partial charge in [0.05, 0.1) is 52.9 Å². The number of ether oxygens (including phenoxy) is 4. The molecule has 0 aliphatic carbocycles. The van der Waals surface area contributed by atoms with Crippen LogP contribution < -0.4 is 0 Å². The first-order valence-electron chi connectivity index (χ1n) is 9.79. The molecule has 182 valence electrons. The van der Waals surface area contributed by atoms with E-state index in [4.69, 9.17) is 34.6 Å². The van der Waals surface area contributed by atoms with Gasteiger partial charge in [0.15, 0.2) is 0 Å². The van der Waals surface area contributed by atoms with Crippen LogP contribution in [-0.2, 0) is 18.9 Å². The van der Waals surface area contributed by atoms with Crippen LogP contribution in [0.2, 0.25) is 0 Å². The zero-order valence-corrected chi connectivity index (χ0v) is 19.8. The lowest BCUT2D eigenvalue weighted by atomic mass is 10.7. The van der Waals surface area contributed by atoms with E-state index < -0.39 is 0 Å². The summed E-state index contributed by atoms with van der Waals surface area (Å²) in [5.41, 5.74) is 0. The fourth-order valence-electron chi connectivity index (χ4n) is 0.655. The van der Waals surface area contributed by atoms with Gasteiger partial charge in [0.1, 0.15) is 0 Å². The monoisotopic (exact) mass is 430 g/mol. The van der Waals surface area contributed by atoms with Gasteiger partial charge in [0, 0.05) is 26.9 Å². The molecule has 0 aromatic rings. The molecular weight excluding hydrogens is 380 g/mol. The summed E-state index contributed by atoms with van der Waals surface area (Å²) in [6.07, 6.45) is 3.50. The second-order valence-electron chi connectivity index (χ2n) is 4.29.